The summed E-state index contributed by atoms with van der Waals surface area (Å²) < 4.78 is 15.2. The maximum atomic E-state index is 13.1. The van der Waals surface area contributed by atoms with E-state index in [0.29, 0.717) is 6.54 Å². The molecule has 1 unspecified atom stereocenters. The topological polar surface area (TPSA) is 46.4 Å². The van der Waals surface area contributed by atoms with Gasteiger partial charge in [-0.15, -0.1) is 0 Å². The summed E-state index contributed by atoms with van der Waals surface area (Å²) in [4.78, 5) is 19.3. The average Bonchev–Trinajstić information content (AvgIpc) is 3.28. The van der Waals surface area contributed by atoms with Gasteiger partial charge in [0.15, 0.2) is 4.96 Å². The Bertz CT molecular complexity index is 1130. The highest BCUT2D eigenvalue weighted by molar-refractivity contribution is 7.17. The van der Waals surface area contributed by atoms with E-state index in [9.17, 15) is 9.18 Å². The third-order valence-electron chi connectivity index (χ3n) is 5.14. The molecule has 29 heavy (non-hydrogen) atoms. The Balaban J connectivity index is 1.50. The van der Waals surface area contributed by atoms with Crippen LogP contribution in [0.25, 0.3) is 16.2 Å². The lowest BCUT2D eigenvalue weighted by Gasteiger charge is -2.15. The number of carbonyl (C=O) groups excluding carboxylic acids is 1. The predicted molar refractivity (Wildman–Crippen MR) is 115 cm³/mol. The van der Waals surface area contributed by atoms with Gasteiger partial charge in [0, 0.05) is 22.3 Å². The molecular weight excluding hydrogens is 385 g/mol. The third kappa shape index (κ3) is 3.93. The molecule has 148 valence electrons. The van der Waals surface area contributed by atoms with Gasteiger partial charge in [0.25, 0.3) is 0 Å². The lowest BCUT2D eigenvalue weighted by Crippen LogP contribution is -2.28. The first kappa shape index (κ1) is 19.3. The summed E-state index contributed by atoms with van der Waals surface area (Å²) in [6, 6.07) is 16.2. The summed E-state index contributed by atoms with van der Waals surface area (Å²) >= 11 is 1.56. The zero-order valence-corrected chi connectivity index (χ0v) is 17.2. The van der Waals surface area contributed by atoms with Gasteiger partial charge < -0.3 is 5.32 Å². The van der Waals surface area contributed by atoms with Gasteiger partial charge in [0.05, 0.1) is 18.2 Å². The number of amides is 1. The van der Waals surface area contributed by atoms with E-state index in [0.717, 1.165) is 38.8 Å². The van der Waals surface area contributed by atoms with Crippen LogP contribution in [0.2, 0.25) is 0 Å². The fraction of sp³-hybridized carbons (Fsp3) is 0.217. The molecule has 1 atom stereocenters. The zero-order valence-electron chi connectivity index (χ0n) is 16.4. The molecule has 0 radical (unpaired) electrons. The van der Waals surface area contributed by atoms with Crippen LogP contribution >= 0.6 is 11.3 Å². The zero-order chi connectivity index (χ0) is 20.4. The van der Waals surface area contributed by atoms with Gasteiger partial charge in [0.2, 0.25) is 5.91 Å². The highest BCUT2D eigenvalue weighted by atomic mass is 32.1. The Morgan fingerprint density at radius 1 is 1.17 bits per heavy atom. The number of rotatable bonds is 6. The van der Waals surface area contributed by atoms with Crippen molar-refractivity contribution >= 4 is 22.2 Å². The van der Waals surface area contributed by atoms with Crippen LogP contribution in [0.3, 0.4) is 0 Å². The van der Waals surface area contributed by atoms with Crippen LogP contribution in [-0.4, -0.2) is 15.3 Å². The third-order valence-corrected chi connectivity index (χ3v) is 6.30. The average molecular weight is 408 g/mol. The summed E-state index contributed by atoms with van der Waals surface area (Å²) in [5.74, 6) is -0.369. The molecule has 0 saturated heterocycles. The Morgan fingerprint density at radius 3 is 2.55 bits per heavy atom. The Hall–Kier alpha value is -2.99. The Labute approximate surface area is 173 Å². The van der Waals surface area contributed by atoms with E-state index < -0.39 is 0 Å². The largest absolute Gasteiger partial charge is 0.351 e. The lowest BCUT2D eigenvalue weighted by molar-refractivity contribution is -0.122. The van der Waals surface area contributed by atoms with E-state index in [-0.39, 0.29) is 17.6 Å². The number of fused-ring (bicyclic) bond motifs is 1. The molecule has 4 nitrogen and oxygen atoms in total. The van der Waals surface area contributed by atoms with Gasteiger partial charge in [-0.2, -0.15) is 0 Å². The first-order valence-corrected chi connectivity index (χ1v) is 10.4. The van der Waals surface area contributed by atoms with Crippen molar-refractivity contribution in [2.24, 2.45) is 0 Å². The molecule has 2 aromatic heterocycles. The van der Waals surface area contributed by atoms with Crippen molar-refractivity contribution in [3.8, 4) is 11.3 Å². The number of benzene rings is 2. The SMILES string of the molecule is CCC(C(=O)NCc1sc2nc(-c3ccc(F)cc3)cn2c1C)c1ccccc1. The number of halogens is 1. The Morgan fingerprint density at radius 2 is 1.90 bits per heavy atom. The van der Waals surface area contributed by atoms with Gasteiger partial charge in [-0.25, -0.2) is 9.37 Å². The van der Waals surface area contributed by atoms with Gasteiger partial charge in [0.1, 0.15) is 5.82 Å². The van der Waals surface area contributed by atoms with Crippen molar-refractivity contribution in [2.75, 3.05) is 0 Å². The molecule has 4 rings (SSSR count). The molecule has 1 amide bonds. The van der Waals surface area contributed by atoms with Crippen LogP contribution in [-0.2, 0) is 11.3 Å². The normalized spacial score (nSPS) is 12.2. The summed E-state index contributed by atoms with van der Waals surface area (Å²) in [6.45, 7) is 4.53. The van der Waals surface area contributed by atoms with E-state index in [1.807, 2.05) is 54.8 Å². The highest BCUT2D eigenvalue weighted by Gasteiger charge is 2.19. The van der Waals surface area contributed by atoms with Gasteiger partial charge in [-0.1, -0.05) is 48.6 Å². The van der Waals surface area contributed by atoms with Crippen molar-refractivity contribution in [2.45, 2.75) is 32.7 Å². The quantitative estimate of drug-likeness (QED) is 0.470. The minimum atomic E-state index is -0.259. The number of thiazole rings is 1. The maximum absolute atomic E-state index is 13.1. The van der Waals surface area contributed by atoms with Gasteiger partial charge in [-0.3, -0.25) is 9.20 Å². The number of hydrogen-bond donors (Lipinski definition) is 1. The van der Waals surface area contributed by atoms with Crippen molar-refractivity contribution in [1.29, 1.82) is 0 Å². The smallest absolute Gasteiger partial charge is 0.227 e. The van der Waals surface area contributed by atoms with E-state index >= 15 is 0 Å². The number of hydrogen-bond acceptors (Lipinski definition) is 3. The van der Waals surface area contributed by atoms with E-state index in [1.54, 1.807) is 23.5 Å². The summed E-state index contributed by atoms with van der Waals surface area (Å²) in [6.07, 6.45) is 2.71. The van der Waals surface area contributed by atoms with Crippen LogP contribution in [0.5, 0.6) is 0 Å². The van der Waals surface area contributed by atoms with Crippen molar-refractivity contribution in [3.05, 3.63) is 82.7 Å². The van der Waals surface area contributed by atoms with E-state index in [1.165, 1.54) is 12.1 Å². The summed E-state index contributed by atoms with van der Waals surface area (Å²) in [5, 5.41) is 3.08. The van der Waals surface area contributed by atoms with Crippen molar-refractivity contribution < 1.29 is 9.18 Å². The first-order chi connectivity index (χ1) is 14.1. The molecular formula is C23H22FN3OS. The molecule has 0 aliphatic carbocycles. The molecule has 0 spiro atoms. The number of aromatic nitrogens is 2. The molecule has 0 fully saturated rings. The monoisotopic (exact) mass is 407 g/mol. The molecule has 6 heteroatoms. The fourth-order valence-corrected chi connectivity index (χ4v) is 4.51. The lowest BCUT2D eigenvalue weighted by atomic mass is 9.96. The second-order valence-electron chi connectivity index (χ2n) is 6.99. The molecule has 2 aromatic carbocycles. The highest BCUT2D eigenvalue weighted by Crippen LogP contribution is 2.27. The molecule has 0 aliphatic heterocycles. The number of aryl methyl sites for hydroxylation is 1. The summed E-state index contributed by atoms with van der Waals surface area (Å²) in [7, 11) is 0. The first-order valence-electron chi connectivity index (χ1n) is 9.62. The molecule has 2 heterocycles. The van der Waals surface area contributed by atoms with Crippen LogP contribution in [0.15, 0.2) is 60.8 Å². The van der Waals surface area contributed by atoms with Crippen LogP contribution in [0, 0.1) is 12.7 Å². The molecule has 0 saturated carbocycles. The standard InChI is InChI=1S/C23H22FN3OS/c1-3-19(16-7-5-4-6-8-16)22(28)25-13-21-15(2)27-14-20(26-23(27)29-21)17-9-11-18(24)12-10-17/h4-12,14,19H,3,13H2,1-2H3,(H,25,28). The van der Waals surface area contributed by atoms with Crippen LogP contribution < -0.4 is 5.32 Å². The number of imidazole rings is 1. The van der Waals surface area contributed by atoms with Crippen LogP contribution in [0.1, 0.15) is 35.4 Å². The maximum Gasteiger partial charge on any atom is 0.227 e. The van der Waals surface area contributed by atoms with Gasteiger partial charge in [-0.05, 0) is 43.2 Å². The minimum absolute atomic E-state index is 0.0381. The molecule has 1 N–H and O–H groups in total. The summed E-state index contributed by atoms with van der Waals surface area (Å²) in [5.41, 5.74) is 3.78. The fourth-order valence-electron chi connectivity index (χ4n) is 3.47. The predicted octanol–water partition coefficient (Wildman–Crippen LogP) is 5.32. The molecule has 0 bridgehead atoms. The molecule has 0 aliphatic rings. The van der Waals surface area contributed by atoms with E-state index in [4.69, 9.17) is 0 Å². The van der Waals surface area contributed by atoms with Crippen LogP contribution in [0.4, 0.5) is 4.39 Å². The number of carbonyl (C=O) groups is 1. The van der Waals surface area contributed by atoms with Gasteiger partial charge >= 0.3 is 0 Å². The number of nitrogens with zero attached hydrogens (tertiary/aromatic N) is 2. The van der Waals surface area contributed by atoms with Crippen molar-refractivity contribution in [3.63, 3.8) is 0 Å². The number of nitrogens with one attached hydrogen (secondary N) is 1. The van der Waals surface area contributed by atoms with E-state index in [2.05, 4.69) is 10.3 Å². The molecule has 4 aromatic rings. The second kappa shape index (κ2) is 8.17. The minimum Gasteiger partial charge on any atom is -0.351 e. The second-order valence-corrected chi connectivity index (χ2v) is 8.05. The Kier molecular flexibility index (Phi) is 5.45. The van der Waals surface area contributed by atoms with Crippen molar-refractivity contribution in [1.82, 2.24) is 14.7 Å².